The molecular weight excluding hydrogens is 781 g/mol. The molecule has 0 aromatic carbocycles. The highest BCUT2D eigenvalue weighted by Crippen LogP contribution is 2.45. The molecule has 5 rings (SSSR count). The van der Waals surface area contributed by atoms with Gasteiger partial charge in [-0.3, -0.25) is 14.4 Å². The van der Waals surface area contributed by atoms with Crippen molar-refractivity contribution in [1.82, 2.24) is 24.3 Å². The highest BCUT2D eigenvalue weighted by Gasteiger charge is 2.62. The van der Waals surface area contributed by atoms with Gasteiger partial charge in [-0.25, -0.2) is 23.9 Å². The number of ketones is 2. The normalized spacial score (nSPS) is 38.3. The van der Waals surface area contributed by atoms with Crippen LogP contribution >= 0.6 is 0 Å². The maximum atomic E-state index is 17.0. The van der Waals surface area contributed by atoms with Crippen molar-refractivity contribution in [2.75, 3.05) is 20.7 Å². The summed E-state index contributed by atoms with van der Waals surface area (Å²) in [5, 5.41) is 11.8. The predicted molar refractivity (Wildman–Crippen MR) is 216 cm³/mol. The Labute approximate surface area is 351 Å². The molecule has 0 spiro atoms. The number of alkyl halides is 1. The molecule has 0 bridgehead atoms. The Kier molecular flexibility index (Phi) is 13.9. The average molecular weight is 846 g/mol. The number of pyridine rings is 1. The van der Waals surface area contributed by atoms with Crippen molar-refractivity contribution in [3.8, 4) is 0 Å². The Bertz CT molecular complexity index is 1930. The number of rotatable bonds is 10. The second-order valence-corrected chi connectivity index (χ2v) is 17.8. The van der Waals surface area contributed by atoms with Gasteiger partial charge in [-0.1, -0.05) is 27.7 Å². The molecular formula is C43H64FN5O11. The summed E-state index contributed by atoms with van der Waals surface area (Å²) in [7, 11) is 2.92. The summed E-state index contributed by atoms with van der Waals surface area (Å²) < 4.78 is 49.9. The number of ether oxygens (including phenoxy) is 5. The number of aromatic nitrogens is 3. The zero-order valence-corrected chi connectivity index (χ0v) is 37.1. The molecule has 0 radical (unpaired) electrons. The summed E-state index contributed by atoms with van der Waals surface area (Å²) in [6.45, 7) is 15.9. The largest absolute Gasteiger partial charge is 0.455 e. The number of hydrogen-bond acceptors (Lipinski definition) is 13. The predicted octanol–water partition coefficient (Wildman–Crippen LogP) is 4.81. The van der Waals surface area contributed by atoms with Gasteiger partial charge in [0, 0.05) is 58.1 Å². The number of imidazole rings is 1. The van der Waals surface area contributed by atoms with Gasteiger partial charge in [0.2, 0.25) is 5.91 Å². The number of Topliss-reactive ketones (excluding diaryl/α,β-unsaturated/α-hetero) is 2. The van der Waals surface area contributed by atoms with Gasteiger partial charge in [-0.15, -0.1) is 0 Å². The summed E-state index contributed by atoms with van der Waals surface area (Å²) in [6, 6.07) is 2.05. The number of esters is 1. The van der Waals surface area contributed by atoms with Crippen molar-refractivity contribution in [2.45, 2.75) is 167 Å². The molecule has 3 aliphatic rings. The molecule has 2 aromatic heterocycles. The Morgan fingerprint density at radius 2 is 1.72 bits per heavy atom. The van der Waals surface area contributed by atoms with Gasteiger partial charge in [0.05, 0.1) is 41.7 Å². The summed E-state index contributed by atoms with van der Waals surface area (Å²) in [4.78, 5) is 80.9. The van der Waals surface area contributed by atoms with Crippen molar-refractivity contribution in [1.29, 1.82) is 0 Å². The SMILES string of the molecule is CC[C@H]1OC(=O)[C@@](C)(F)C(=O)[C@H](C)[C@@H](O[C@]2(C)O[C@H](C)C[C@H](N(C)C(C)=O)[C@H]2O)[C@](C)(OC)C[C@@H](C)C(=O)[C@H](C)[C@H]2N(CCCCn3cnc4ncccc43)C(=O)O[C@]12C. The molecule has 0 unspecified atom stereocenters. The number of halogens is 1. The zero-order chi connectivity index (χ0) is 44.7. The number of carbonyl (C=O) groups is 5. The third kappa shape index (κ3) is 8.68. The minimum Gasteiger partial charge on any atom is -0.455 e. The van der Waals surface area contributed by atoms with Crippen molar-refractivity contribution in [3.63, 3.8) is 0 Å². The fourth-order valence-electron chi connectivity index (χ4n) is 9.81. The summed E-state index contributed by atoms with van der Waals surface area (Å²) >= 11 is 0. The Hall–Kier alpha value is -4.06. The number of likely N-dealkylation sites (N-methyl/N-ethyl adjacent to an activating group) is 1. The lowest BCUT2D eigenvalue weighted by Crippen LogP contribution is -2.66. The smallest absolute Gasteiger partial charge is 0.410 e. The molecule has 1 N–H and O–H groups in total. The highest BCUT2D eigenvalue weighted by molar-refractivity contribution is 6.08. The Balaban J connectivity index is 1.52. The lowest BCUT2D eigenvalue weighted by atomic mass is 9.73. The summed E-state index contributed by atoms with van der Waals surface area (Å²) in [5.41, 5.74) is -4.91. The van der Waals surface area contributed by atoms with E-state index >= 15 is 4.39 Å². The number of aliphatic hydroxyl groups excluding tert-OH is 1. The van der Waals surface area contributed by atoms with E-state index in [9.17, 15) is 29.1 Å². The van der Waals surface area contributed by atoms with E-state index in [-0.39, 0.29) is 37.5 Å². The van der Waals surface area contributed by atoms with Crippen LogP contribution in [-0.4, -0.2) is 139 Å². The number of methoxy groups -OCH3 is 1. The highest BCUT2D eigenvalue weighted by atomic mass is 19.1. The number of hydrogen-bond donors (Lipinski definition) is 1. The van der Waals surface area contributed by atoms with E-state index < -0.39 is 94.8 Å². The van der Waals surface area contributed by atoms with Gasteiger partial charge >= 0.3 is 12.1 Å². The number of unbranched alkanes of at least 4 members (excludes halogenated alkanes) is 1. The zero-order valence-electron chi connectivity index (χ0n) is 37.1. The van der Waals surface area contributed by atoms with E-state index in [2.05, 4.69) is 9.97 Å². The molecule has 0 saturated carbocycles. The van der Waals surface area contributed by atoms with E-state index in [0.717, 1.165) is 12.4 Å². The van der Waals surface area contributed by atoms with Crippen molar-refractivity contribution in [2.24, 2.45) is 17.8 Å². The standard InChI is InChI=1S/C43H64FN5O11/c1-13-31-42(9)33(49(39(55)60-42)20-15-14-19-48-23-46-37-29(48)17-16-18-45-37)26(4)32(51)24(2)22-40(7,56-12)36(27(5)34(52)41(8,44)38(54)57-31)59-43(10)35(53)30(21-25(3)58-43)47(11)28(6)50/h16-18,23-27,30-31,33,35-36,53H,13-15,19-22H2,1-12H3/t24-,25-,26+,27+,30+,31-,33-,35-,36-,40-,41+,42-,43+/m1/s1. The van der Waals surface area contributed by atoms with Crippen LogP contribution in [0.3, 0.4) is 0 Å². The minimum atomic E-state index is -3.24. The molecule has 60 heavy (non-hydrogen) atoms. The van der Waals surface area contributed by atoms with Crippen LogP contribution < -0.4 is 0 Å². The first kappa shape index (κ1) is 47.0. The first-order valence-corrected chi connectivity index (χ1v) is 21.0. The van der Waals surface area contributed by atoms with E-state index in [4.69, 9.17) is 23.7 Å². The van der Waals surface area contributed by atoms with Gasteiger partial charge < -0.3 is 43.2 Å². The van der Waals surface area contributed by atoms with Crippen molar-refractivity contribution < 1.29 is 57.2 Å². The van der Waals surface area contributed by atoms with Crippen LogP contribution in [0, 0.1) is 17.8 Å². The first-order chi connectivity index (χ1) is 28.0. The molecule has 5 heterocycles. The topological polar surface area (TPSA) is 189 Å². The minimum absolute atomic E-state index is 0.0625. The number of amides is 2. The third-order valence-electron chi connectivity index (χ3n) is 13.3. The van der Waals surface area contributed by atoms with Crippen molar-refractivity contribution in [3.05, 3.63) is 24.7 Å². The molecule has 3 saturated heterocycles. The fraction of sp³-hybridized carbons (Fsp3) is 0.744. The lowest BCUT2D eigenvalue weighted by Gasteiger charge is -2.52. The van der Waals surface area contributed by atoms with E-state index in [1.165, 1.54) is 37.7 Å². The molecule has 0 aliphatic carbocycles. The van der Waals surface area contributed by atoms with E-state index in [0.29, 0.717) is 25.0 Å². The monoisotopic (exact) mass is 845 g/mol. The number of cyclic esters (lactones) is 1. The number of nitrogens with zero attached hydrogens (tertiary/aromatic N) is 5. The van der Waals surface area contributed by atoms with E-state index in [1.54, 1.807) is 61.1 Å². The van der Waals surface area contributed by atoms with Crippen LogP contribution in [0.2, 0.25) is 0 Å². The molecule has 3 fully saturated rings. The molecule has 2 aromatic rings. The number of fused-ring (bicyclic) bond motifs is 2. The molecule has 334 valence electrons. The summed E-state index contributed by atoms with van der Waals surface area (Å²) in [5.74, 6) is -8.28. The van der Waals surface area contributed by atoms with Crippen LogP contribution in [-0.2, 0) is 49.4 Å². The molecule has 2 amide bonds. The summed E-state index contributed by atoms with van der Waals surface area (Å²) in [6.07, 6.45) is -0.566. The maximum Gasteiger partial charge on any atom is 0.410 e. The Morgan fingerprint density at radius 1 is 1.05 bits per heavy atom. The first-order valence-electron chi connectivity index (χ1n) is 21.0. The molecule has 16 nitrogen and oxygen atoms in total. The molecule has 13 atom stereocenters. The third-order valence-corrected chi connectivity index (χ3v) is 13.3. The molecule has 3 aliphatic heterocycles. The van der Waals surface area contributed by atoms with Crippen molar-refractivity contribution >= 4 is 40.7 Å². The van der Waals surface area contributed by atoms with Gasteiger partial charge in [0.25, 0.3) is 5.67 Å². The van der Waals surface area contributed by atoms with Crippen LogP contribution in [0.5, 0.6) is 0 Å². The van der Waals surface area contributed by atoms with Gasteiger partial charge in [0.15, 0.2) is 22.8 Å². The van der Waals surface area contributed by atoms with Crippen LogP contribution in [0.1, 0.15) is 101 Å². The van der Waals surface area contributed by atoms with Crippen LogP contribution in [0.15, 0.2) is 24.7 Å². The average Bonchev–Trinajstić information content (AvgIpc) is 3.73. The van der Waals surface area contributed by atoms with Crippen LogP contribution in [0.25, 0.3) is 11.2 Å². The number of carbonyl (C=O) groups excluding carboxylic acids is 5. The number of aryl methyl sites for hydroxylation is 1. The van der Waals surface area contributed by atoms with Gasteiger partial charge in [0.1, 0.15) is 18.0 Å². The second kappa shape index (κ2) is 17.7. The maximum absolute atomic E-state index is 17.0. The van der Waals surface area contributed by atoms with Gasteiger partial charge in [-0.05, 0) is 78.9 Å². The second-order valence-electron chi connectivity index (χ2n) is 17.8. The van der Waals surface area contributed by atoms with Crippen LogP contribution in [0.4, 0.5) is 9.18 Å². The number of aliphatic hydroxyl groups is 1. The van der Waals surface area contributed by atoms with Gasteiger partial charge in [-0.2, -0.15) is 0 Å². The fourth-order valence-corrected chi connectivity index (χ4v) is 9.81. The molecule has 17 heteroatoms. The lowest BCUT2D eigenvalue weighted by molar-refractivity contribution is -0.353. The quantitative estimate of drug-likeness (QED) is 0.195. The van der Waals surface area contributed by atoms with E-state index in [1.807, 2.05) is 16.7 Å². The Morgan fingerprint density at radius 3 is 2.35 bits per heavy atom.